The molecule has 1 aliphatic rings. The predicted octanol–water partition coefficient (Wildman–Crippen LogP) is 2.01. The van der Waals surface area contributed by atoms with Gasteiger partial charge in [-0.2, -0.15) is 13.2 Å². The number of halogens is 3. The van der Waals surface area contributed by atoms with Gasteiger partial charge in [0.2, 0.25) is 0 Å². The predicted molar refractivity (Wildman–Crippen MR) is 77.7 cm³/mol. The van der Waals surface area contributed by atoms with Gasteiger partial charge >= 0.3 is 18.1 Å². The summed E-state index contributed by atoms with van der Waals surface area (Å²) in [6, 6.07) is 6.45. The van der Waals surface area contributed by atoms with Crippen LogP contribution in [-0.4, -0.2) is 49.8 Å². The third-order valence-corrected chi connectivity index (χ3v) is 4.14. The number of carbonyl (C=O) groups is 2. The summed E-state index contributed by atoms with van der Waals surface area (Å²) in [5, 5.41) is 0. The fourth-order valence-corrected chi connectivity index (χ4v) is 3.12. The Balaban J connectivity index is 2.38. The average Bonchev–Trinajstić information content (AvgIpc) is 2.93. The van der Waals surface area contributed by atoms with Crippen molar-refractivity contribution in [1.82, 2.24) is 4.90 Å². The Bertz CT molecular complexity index is 591. The van der Waals surface area contributed by atoms with Crippen molar-refractivity contribution in [3.05, 3.63) is 35.9 Å². The maximum atomic E-state index is 13.6. The highest BCUT2D eigenvalue weighted by Gasteiger charge is 2.60. The standard InChI is InChI=1S/C16H18F3NO4/c1-23-14(21)11-9-20(8-10-6-4-3-5-7-10)13(16(17,18)19)12(11)15(22)24-2/h3-7,11-13H,8-9H2,1-2H3/t11-,12-,13-/m0/s1. The van der Waals surface area contributed by atoms with E-state index in [1.54, 1.807) is 30.3 Å². The minimum absolute atomic E-state index is 0.0357. The molecule has 1 saturated heterocycles. The first-order chi connectivity index (χ1) is 11.3. The Hall–Kier alpha value is -2.09. The van der Waals surface area contributed by atoms with E-state index in [-0.39, 0.29) is 13.1 Å². The minimum Gasteiger partial charge on any atom is -0.469 e. The molecule has 3 atom stereocenters. The molecule has 0 saturated carbocycles. The summed E-state index contributed by atoms with van der Waals surface area (Å²) in [4.78, 5) is 24.9. The molecule has 0 radical (unpaired) electrons. The van der Waals surface area contributed by atoms with E-state index < -0.39 is 36.0 Å². The van der Waals surface area contributed by atoms with Gasteiger partial charge in [0.15, 0.2) is 0 Å². The molecule has 1 fully saturated rings. The number of methoxy groups -OCH3 is 2. The van der Waals surface area contributed by atoms with E-state index in [1.165, 1.54) is 0 Å². The van der Waals surface area contributed by atoms with Crippen LogP contribution in [0.25, 0.3) is 0 Å². The minimum atomic E-state index is -4.68. The Kier molecular flexibility index (Phi) is 5.48. The Morgan fingerprint density at radius 1 is 1.12 bits per heavy atom. The van der Waals surface area contributed by atoms with Crippen LogP contribution in [0.15, 0.2) is 30.3 Å². The van der Waals surface area contributed by atoms with Crippen molar-refractivity contribution in [3.8, 4) is 0 Å². The number of likely N-dealkylation sites (tertiary alicyclic amines) is 1. The lowest BCUT2D eigenvalue weighted by atomic mass is 9.90. The molecule has 0 N–H and O–H groups in total. The summed E-state index contributed by atoms with van der Waals surface area (Å²) < 4.78 is 49.9. The van der Waals surface area contributed by atoms with Crippen molar-refractivity contribution < 1.29 is 32.2 Å². The zero-order valence-electron chi connectivity index (χ0n) is 13.2. The van der Waals surface area contributed by atoms with Gasteiger partial charge < -0.3 is 9.47 Å². The number of hydrogen-bond acceptors (Lipinski definition) is 5. The average molecular weight is 345 g/mol. The van der Waals surface area contributed by atoms with E-state index in [0.717, 1.165) is 19.1 Å². The Labute approximate surface area is 137 Å². The number of rotatable bonds is 4. The molecule has 0 aliphatic carbocycles. The van der Waals surface area contributed by atoms with E-state index in [2.05, 4.69) is 9.47 Å². The van der Waals surface area contributed by atoms with Crippen LogP contribution in [0, 0.1) is 11.8 Å². The largest absolute Gasteiger partial charge is 0.469 e. The van der Waals surface area contributed by atoms with Crippen LogP contribution < -0.4 is 0 Å². The second kappa shape index (κ2) is 7.21. The van der Waals surface area contributed by atoms with Crippen molar-refractivity contribution in [3.63, 3.8) is 0 Å². The third-order valence-electron chi connectivity index (χ3n) is 4.14. The van der Waals surface area contributed by atoms with E-state index in [4.69, 9.17) is 0 Å². The number of nitrogens with zero attached hydrogens (tertiary/aromatic N) is 1. The lowest BCUT2D eigenvalue weighted by Gasteiger charge is -2.29. The van der Waals surface area contributed by atoms with E-state index >= 15 is 0 Å². The van der Waals surface area contributed by atoms with E-state index in [9.17, 15) is 22.8 Å². The highest BCUT2D eigenvalue weighted by atomic mass is 19.4. The maximum absolute atomic E-state index is 13.6. The van der Waals surface area contributed by atoms with Gasteiger partial charge in [-0.25, -0.2) is 0 Å². The Morgan fingerprint density at radius 3 is 2.21 bits per heavy atom. The van der Waals surface area contributed by atoms with Crippen LogP contribution in [0.1, 0.15) is 5.56 Å². The molecule has 132 valence electrons. The van der Waals surface area contributed by atoms with Gasteiger partial charge in [0.1, 0.15) is 6.04 Å². The van der Waals surface area contributed by atoms with Crippen molar-refractivity contribution in [2.45, 2.75) is 18.8 Å². The van der Waals surface area contributed by atoms with Gasteiger partial charge in [-0.3, -0.25) is 14.5 Å². The molecule has 8 heteroatoms. The van der Waals surface area contributed by atoms with Crippen molar-refractivity contribution >= 4 is 11.9 Å². The van der Waals surface area contributed by atoms with Crippen molar-refractivity contribution in [1.29, 1.82) is 0 Å². The van der Waals surface area contributed by atoms with Gasteiger partial charge in [0.25, 0.3) is 0 Å². The first kappa shape index (κ1) is 18.3. The molecule has 0 amide bonds. The second-order valence-electron chi connectivity index (χ2n) is 5.58. The molecule has 0 unspecified atom stereocenters. The van der Waals surface area contributed by atoms with Crippen LogP contribution in [0.2, 0.25) is 0 Å². The topological polar surface area (TPSA) is 55.8 Å². The number of hydrogen-bond donors (Lipinski definition) is 0. The van der Waals surface area contributed by atoms with Gasteiger partial charge in [-0.1, -0.05) is 30.3 Å². The number of alkyl halides is 3. The summed E-state index contributed by atoms with van der Waals surface area (Å²) in [5.74, 6) is -4.79. The molecule has 0 aromatic heterocycles. The monoisotopic (exact) mass is 345 g/mol. The number of benzene rings is 1. The van der Waals surface area contributed by atoms with Gasteiger partial charge in [-0.15, -0.1) is 0 Å². The summed E-state index contributed by atoms with van der Waals surface area (Å²) >= 11 is 0. The molecule has 5 nitrogen and oxygen atoms in total. The summed E-state index contributed by atoms with van der Waals surface area (Å²) in [6.07, 6.45) is -4.68. The summed E-state index contributed by atoms with van der Waals surface area (Å²) in [5.41, 5.74) is 0.654. The van der Waals surface area contributed by atoms with Crippen LogP contribution in [-0.2, 0) is 25.6 Å². The fraction of sp³-hybridized carbons (Fsp3) is 0.500. The quantitative estimate of drug-likeness (QED) is 0.782. The normalized spacial score (nSPS) is 24.6. The van der Waals surface area contributed by atoms with Crippen LogP contribution in [0.5, 0.6) is 0 Å². The molecule has 24 heavy (non-hydrogen) atoms. The van der Waals surface area contributed by atoms with Crippen molar-refractivity contribution in [2.75, 3.05) is 20.8 Å². The summed E-state index contributed by atoms with van der Waals surface area (Å²) in [6.45, 7) is -0.266. The zero-order valence-corrected chi connectivity index (χ0v) is 13.2. The number of ether oxygens (including phenoxy) is 2. The first-order valence-corrected chi connectivity index (χ1v) is 7.30. The fourth-order valence-electron chi connectivity index (χ4n) is 3.12. The third kappa shape index (κ3) is 3.69. The molecule has 2 rings (SSSR count). The number of carbonyl (C=O) groups excluding carboxylic acids is 2. The highest BCUT2D eigenvalue weighted by molar-refractivity contribution is 5.83. The molecule has 0 spiro atoms. The molecule has 1 heterocycles. The molecule has 1 aromatic carbocycles. The second-order valence-corrected chi connectivity index (χ2v) is 5.58. The van der Waals surface area contributed by atoms with E-state index in [0.29, 0.717) is 5.56 Å². The first-order valence-electron chi connectivity index (χ1n) is 7.30. The highest BCUT2D eigenvalue weighted by Crippen LogP contribution is 2.41. The Morgan fingerprint density at radius 2 is 1.71 bits per heavy atom. The SMILES string of the molecule is COC(=O)[C@H]1[C@@H](C(=O)OC)CN(Cc2ccccc2)[C@@H]1C(F)(F)F. The van der Waals surface area contributed by atoms with Crippen LogP contribution in [0.3, 0.4) is 0 Å². The maximum Gasteiger partial charge on any atom is 0.404 e. The number of esters is 2. The molecular weight excluding hydrogens is 327 g/mol. The van der Waals surface area contributed by atoms with Crippen LogP contribution in [0.4, 0.5) is 13.2 Å². The lowest BCUT2D eigenvalue weighted by Crippen LogP contribution is -2.47. The molecule has 1 aliphatic heterocycles. The summed E-state index contributed by atoms with van der Waals surface area (Å²) in [7, 11) is 2.09. The van der Waals surface area contributed by atoms with Gasteiger partial charge in [-0.05, 0) is 5.56 Å². The van der Waals surface area contributed by atoms with Crippen molar-refractivity contribution in [2.24, 2.45) is 11.8 Å². The smallest absolute Gasteiger partial charge is 0.404 e. The molecular formula is C16H18F3NO4. The van der Waals surface area contributed by atoms with E-state index in [1.807, 2.05) is 0 Å². The van der Waals surface area contributed by atoms with Crippen LogP contribution >= 0.6 is 0 Å². The van der Waals surface area contributed by atoms with Gasteiger partial charge in [0.05, 0.1) is 26.1 Å². The van der Waals surface area contributed by atoms with Gasteiger partial charge in [0, 0.05) is 13.1 Å². The zero-order chi connectivity index (χ0) is 17.9. The molecule has 0 bridgehead atoms. The lowest BCUT2D eigenvalue weighted by molar-refractivity contribution is -0.195. The molecule has 1 aromatic rings.